The van der Waals surface area contributed by atoms with Gasteiger partial charge < -0.3 is 4.40 Å². The Kier molecular flexibility index (Phi) is 5.95. The molecule has 0 saturated heterocycles. The van der Waals surface area contributed by atoms with E-state index in [0.717, 1.165) is 17.4 Å². The zero-order chi connectivity index (χ0) is 39.6. The Morgan fingerprint density at radius 2 is 1.16 bits per heavy atom. The molecule has 4 fully saturated rings. The van der Waals surface area contributed by atoms with Gasteiger partial charge in [-0.3, -0.25) is 4.98 Å². The number of fused-ring (bicyclic) bond motifs is 21. The van der Waals surface area contributed by atoms with Gasteiger partial charge in [-0.15, -0.1) is 0 Å². The van der Waals surface area contributed by atoms with Gasteiger partial charge in [0.2, 0.25) is 0 Å². The topological polar surface area (TPSA) is 41.1 Å². The maximum absolute atomic E-state index is 11.4. The number of rotatable bonds is 0. The van der Waals surface area contributed by atoms with Gasteiger partial charge in [0, 0.05) is 33.2 Å². The van der Waals surface area contributed by atoms with E-state index in [4.69, 9.17) is 4.98 Å². The van der Waals surface area contributed by atoms with Crippen LogP contribution >= 0.6 is 0 Å². The first-order valence-corrected chi connectivity index (χ1v) is 24.1. The predicted molar refractivity (Wildman–Crippen MR) is 245 cm³/mol. The summed E-state index contributed by atoms with van der Waals surface area (Å²) in [5.74, 6) is 2.80. The van der Waals surface area contributed by atoms with E-state index in [1.807, 2.05) is 0 Å². The molecule has 3 nitrogen and oxygen atoms in total. The monoisotopic (exact) mass is 787 g/mol. The van der Waals surface area contributed by atoms with Crippen molar-refractivity contribution in [3.05, 3.63) is 141 Å². The highest BCUT2D eigenvalue weighted by molar-refractivity contribution is 6.30. The standard InChI is InChI=1S/C58H49N3/c59-30-36-28-45-50(53-52(36)56(17-7-8-18-56)21-22-57(53)19-9-10-20-57)51-48-39-13-3-6-16-43(39)58(41-14-4-1-11-37(41)38-12-2-5-15-42(38)58)44(48)29-40-49-46(61(45)55(40)51)31-60-54-35-26-32-23-33(27-35)25-34(24-32)47(49)54/h1-6,11-16,28-29,31-35H,7-10,17-27H2. The largest absolute Gasteiger partial charge is 0.306 e. The van der Waals surface area contributed by atoms with Gasteiger partial charge in [-0.05, 0) is 173 Å². The Labute approximate surface area is 357 Å². The fourth-order valence-corrected chi connectivity index (χ4v) is 17.4. The molecular formula is C58H49N3. The van der Waals surface area contributed by atoms with Crippen molar-refractivity contribution in [1.29, 1.82) is 5.26 Å². The average molecular weight is 788 g/mol. The van der Waals surface area contributed by atoms with Crippen molar-refractivity contribution in [2.24, 2.45) is 11.8 Å². The van der Waals surface area contributed by atoms with E-state index in [0.29, 0.717) is 11.8 Å². The summed E-state index contributed by atoms with van der Waals surface area (Å²) in [7, 11) is 0. The number of nitriles is 1. The van der Waals surface area contributed by atoms with Crippen molar-refractivity contribution in [2.75, 3.05) is 0 Å². The van der Waals surface area contributed by atoms with Crippen molar-refractivity contribution >= 4 is 38.1 Å². The maximum atomic E-state index is 11.4. The summed E-state index contributed by atoms with van der Waals surface area (Å²) < 4.78 is 2.68. The number of nitrogens with zero attached hydrogens (tertiary/aromatic N) is 3. The number of hydrogen-bond donors (Lipinski definition) is 0. The molecule has 0 amide bonds. The van der Waals surface area contributed by atoms with E-state index in [1.165, 1.54) is 190 Å². The van der Waals surface area contributed by atoms with Crippen LogP contribution in [0.1, 0.15) is 158 Å². The lowest BCUT2D eigenvalue weighted by molar-refractivity contribution is 0.165. The molecule has 17 rings (SSSR count). The molecule has 296 valence electrons. The van der Waals surface area contributed by atoms with Gasteiger partial charge in [0.05, 0.1) is 39.8 Å². The van der Waals surface area contributed by atoms with Crippen LogP contribution in [0.4, 0.5) is 0 Å². The summed E-state index contributed by atoms with van der Waals surface area (Å²) in [5, 5.41) is 17.3. The second-order valence-electron chi connectivity index (χ2n) is 21.6. The van der Waals surface area contributed by atoms with E-state index in [2.05, 4.69) is 102 Å². The maximum Gasteiger partial charge on any atom is 0.0995 e. The highest BCUT2D eigenvalue weighted by Crippen LogP contribution is 2.68. The first-order valence-electron chi connectivity index (χ1n) is 24.1. The highest BCUT2D eigenvalue weighted by Gasteiger charge is 2.55. The van der Waals surface area contributed by atoms with Crippen LogP contribution in [-0.2, 0) is 16.2 Å². The van der Waals surface area contributed by atoms with Crippen molar-refractivity contribution in [1.82, 2.24) is 9.38 Å². The molecule has 0 N–H and O–H groups in total. The van der Waals surface area contributed by atoms with Crippen LogP contribution in [0.15, 0.2) is 91.1 Å². The summed E-state index contributed by atoms with van der Waals surface area (Å²) in [6, 6.07) is 36.3. The summed E-state index contributed by atoms with van der Waals surface area (Å²) in [6.45, 7) is 0. The second-order valence-corrected chi connectivity index (χ2v) is 21.6. The van der Waals surface area contributed by atoms with Crippen molar-refractivity contribution in [3.8, 4) is 28.3 Å². The van der Waals surface area contributed by atoms with E-state index in [9.17, 15) is 5.26 Å². The third-order valence-electron chi connectivity index (χ3n) is 19.2. The molecule has 3 aromatic heterocycles. The Morgan fingerprint density at radius 1 is 0.574 bits per heavy atom. The average Bonchev–Trinajstić information content (AvgIpc) is 4.15. The summed E-state index contributed by atoms with van der Waals surface area (Å²) in [5.41, 5.74) is 22.1. The summed E-state index contributed by atoms with van der Waals surface area (Å²) >= 11 is 0. The lowest BCUT2D eigenvalue weighted by atomic mass is 9.57. The van der Waals surface area contributed by atoms with Gasteiger partial charge in [-0.25, -0.2) is 0 Å². The van der Waals surface area contributed by atoms with Crippen molar-refractivity contribution < 1.29 is 0 Å². The SMILES string of the molecule is N#Cc1cc2c(c3c1C1(CCCC1)CCC31CCCC1)c1c3c(cc4c5c6c(ncc5n2c41)C1CC2CC(C1)CC6C2)C1(c2ccccc2-c2ccccc21)c1ccccc1-3. The Balaban J connectivity index is 1.17. The lowest BCUT2D eigenvalue weighted by Crippen LogP contribution is -2.39. The molecule has 0 radical (unpaired) electrons. The molecular weight excluding hydrogens is 739 g/mol. The molecule has 2 unspecified atom stereocenters. The van der Waals surface area contributed by atoms with Crippen LogP contribution in [0.5, 0.6) is 0 Å². The molecule has 3 heteroatoms. The number of aromatic nitrogens is 2. The van der Waals surface area contributed by atoms with Crippen LogP contribution < -0.4 is 0 Å². The quantitative estimate of drug-likeness (QED) is 0.154. The first-order chi connectivity index (χ1) is 30.1. The molecule has 2 atom stereocenters. The summed E-state index contributed by atoms with van der Waals surface area (Å²) in [4.78, 5) is 5.62. The number of pyridine rings is 1. The molecule has 3 spiro atoms. The van der Waals surface area contributed by atoms with E-state index < -0.39 is 5.41 Å². The molecule has 5 aromatic carbocycles. The van der Waals surface area contributed by atoms with Crippen LogP contribution in [-0.4, -0.2) is 9.38 Å². The lowest BCUT2D eigenvalue weighted by Gasteiger charge is -2.46. The van der Waals surface area contributed by atoms with Gasteiger partial charge in [-0.1, -0.05) is 98.5 Å². The normalized spacial score (nSPS) is 26.1. The van der Waals surface area contributed by atoms with Gasteiger partial charge in [0.1, 0.15) is 0 Å². The molecule has 9 aliphatic carbocycles. The van der Waals surface area contributed by atoms with E-state index >= 15 is 0 Å². The summed E-state index contributed by atoms with van der Waals surface area (Å²) in [6.07, 6.45) is 21.5. The minimum atomic E-state index is -0.424. The third kappa shape index (κ3) is 3.63. The molecule has 8 aromatic rings. The molecule has 9 aliphatic rings. The highest BCUT2D eigenvalue weighted by atomic mass is 14.9. The zero-order valence-corrected chi connectivity index (χ0v) is 34.9. The smallest absolute Gasteiger partial charge is 0.0995 e. The minimum absolute atomic E-state index is 0.110. The van der Waals surface area contributed by atoms with E-state index in [1.54, 1.807) is 11.1 Å². The molecule has 4 bridgehead atoms. The third-order valence-corrected chi connectivity index (χ3v) is 19.2. The fourth-order valence-electron chi connectivity index (χ4n) is 17.4. The minimum Gasteiger partial charge on any atom is -0.306 e. The van der Waals surface area contributed by atoms with Crippen LogP contribution in [0, 0.1) is 23.2 Å². The molecule has 0 aliphatic heterocycles. The number of benzene rings is 5. The molecule has 3 heterocycles. The van der Waals surface area contributed by atoms with Crippen LogP contribution in [0.3, 0.4) is 0 Å². The van der Waals surface area contributed by atoms with E-state index in [-0.39, 0.29) is 10.8 Å². The fraction of sp³-hybridized carbons (Fsp3) is 0.379. The van der Waals surface area contributed by atoms with Gasteiger partial charge in [0.15, 0.2) is 0 Å². The van der Waals surface area contributed by atoms with Gasteiger partial charge in [-0.2, -0.15) is 5.26 Å². The van der Waals surface area contributed by atoms with Crippen molar-refractivity contribution in [2.45, 2.75) is 124 Å². The Morgan fingerprint density at radius 3 is 1.82 bits per heavy atom. The molecule has 4 saturated carbocycles. The molecule has 61 heavy (non-hydrogen) atoms. The zero-order valence-electron chi connectivity index (χ0n) is 34.9. The van der Waals surface area contributed by atoms with Gasteiger partial charge in [0.25, 0.3) is 0 Å². The second kappa shape index (κ2) is 10.9. The van der Waals surface area contributed by atoms with Gasteiger partial charge >= 0.3 is 0 Å². The predicted octanol–water partition coefficient (Wildman–Crippen LogP) is 14.3. The Hall–Kier alpha value is -5.46. The van der Waals surface area contributed by atoms with Crippen LogP contribution in [0.25, 0.3) is 60.3 Å². The number of hydrogen-bond acceptors (Lipinski definition) is 2. The first kappa shape index (κ1) is 33.2. The Bertz CT molecular complexity index is 3300. The van der Waals surface area contributed by atoms with Crippen LogP contribution in [0.2, 0.25) is 0 Å². The van der Waals surface area contributed by atoms with Crippen molar-refractivity contribution in [3.63, 3.8) is 0 Å².